The quantitative estimate of drug-likeness (QED) is 0.777. The summed E-state index contributed by atoms with van der Waals surface area (Å²) in [5.74, 6) is -0.579. The third kappa shape index (κ3) is 3.65. The predicted molar refractivity (Wildman–Crippen MR) is 90.3 cm³/mol. The zero-order chi connectivity index (χ0) is 16.2. The zero-order valence-electron chi connectivity index (χ0n) is 12.3. The largest absolute Gasteiger partial charge is 0.326 e. The molecule has 0 atom stereocenters. The first-order valence-corrected chi connectivity index (χ1v) is 8.05. The summed E-state index contributed by atoms with van der Waals surface area (Å²) >= 11 is 1.40. The van der Waals surface area contributed by atoms with E-state index in [9.17, 15) is 14.0 Å². The fraction of sp³-hybridized carbons (Fsp3) is 0.176. The van der Waals surface area contributed by atoms with Crippen molar-refractivity contribution < 1.29 is 9.18 Å². The second-order valence-electron chi connectivity index (χ2n) is 5.16. The molecule has 3 aromatic rings. The summed E-state index contributed by atoms with van der Waals surface area (Å²) in [7, 11) is 0. The van der Waals surface area contributed by atoms with Crippen molar-refractivity contribution in [3.8, 4) is 0 Å². The molecule has 0 saturated heterocycles. The number of benzene rings is 2. The topological polar surface area (TPSA) is 51.1 Å². The van der Waals surface area contributed by atoms with Gasteiger partial charge in [0.2, 0.25) is 5.91 Å². The van der Waals surface area contributed by atoms with Crippen molar-refractivity contribution in [2.45, 2.75) is 19.4 Å². The molecule has 0 fully saturated rings. The van der Waals surface area contributed by atoms with Crippen LogP contribution in [0.5, 0.6) is 0 Å². The molecule has 4 nitrogen and oxygen atoms in total. The maximum absolute atomic E-state index is 13.0. The summed E-state index contributed by atoms with van der Waals surface area (Å²) < 4.78 is 15.7. The van der Waals surface area contributed by atoms with E-state index < -0.39 is 0 Å². The van der Waals surface area contributed by atoms with E-state index in [4.69, 9.17) is 0 Å². The molecule has 118 valence electrons. The molecular formula is C17H15FN2O2S. The summed E-state index contributed by atoms with van der Waals surface area (Å²) in [6, 6.07) is 13.2. The second kappa shape index (κ2) is 6.75. The molecule has 0 aliphatic rings. The minimum absolute atomic E-state index is 0.0175. The number of nitrogens with one attached hydrogen (secondary N) is 1. The van der Waals surface area contributed by atoms with E-state index >= 15 is 0 Å². The number of halogens is 1. The van der Waals surface area contributed by atoms with Gasteiger partial charge in [0.1, 0.15) is 5.82 Å². The van der Waals surface area contributed by atoms with Crippen LogP contribution < -0.4 is 10.9 Å². The van der Waals surface area contributed by atoms with Gasteiger partial charge < -0.3 is 5.32 Å². The van der Waals surface area contributed by atoms with Crippen LogP contribution in [0.1, 0.15) is 12.8 Å². The highest BCUT2D eigenvalue weighted by atomic mass is 32.1. The van der Waals surface area contributed by atoms with Crippen LogP contribution in [0.3, 0.4) is 0 Å². The number of anilines is 1. The van der Waals surface area contributed by atoms with Crippen molar-refractivity contribution in [3.05, 3.63) is 64.7 Å². The molecule has 3 rings (SSSR count). The summed E-state index contributed by atoms with van der Waals surface area (Å²) in [4.78, 5) is 24.0. The van der Waals surface area contributed by atoms with Crippen LogP contribution in [-0.2, 0) is 11.3 Å². The average Bonchev–Trinajstić information content (AvgIpc) is 2.84. The third-order valence-corrected chi connectivity index (χ3v) is 4.55. The molecule has 1 heterocycles. The van der Waals surface area contributed by atoms with E-state index in [2.05, 4.69) is 5.32 Å². The Morgan fingerprint density at radius 1 is 1.17 bits per heavy atom. The van der Waals surface area contributed by atoms with E-state index in [-0.39, 0.29) is 23.7 Å². The lowest BCUT2D eigenvalue weighted by atomic mass is 10.2. The Labute approximate surface area is 136 Å². The molecule has 0 unspecified atom stereocenters. The molecule has 0 aliphatic carbocycles. The molecule has 0 saturated carbocycles. The summed E-state index contributed by atoms with van der Waals surface area (Å²) in [5.41, 5.74) is 0.421. The van der Waals surface area contributed by atoms with Crippen LogP contribution in [0.2, 0.25) is 0 Å². The van der Waals surface area contributed by atoms with Crippen LogP contribution in [0, 0.1) is 5.82 Å². The van der Waals surface area contributed by atoms with Gasteiger partial charge >= 0.3 is 0 Å². The SMILES string of the molecule is O=C(CCCn1sc2ccccc2c1=O)Nc1cccc(F)c1. The van der Waals surface area contributed by atoms with E-state index in [0.29, 0.717) is 24.0 Å². The minimum Gasteiger partial charge on any atom is -0.326 e. The van der Waals surface area contributed by atoms with Crippen LogP contribution in [-0.4, -0.2) is 9.86 Å². The number of aryl methyl sites for hydroxylation is 1. The smallest absolute Gasteiger partial charge is 0.268 e. The van der Waals surface area contributed by atoms with Crippen molar-refractivity contribution >= 4 is 33.2 Å². The summed E-state index contributed by atoms with van der Waals surface area (Å²) in [6.07, 6.45) is 0.824. The first-order chi connectivity index (χ1) is 11.1. The molecule has 6 heteroatoms. The molecule has 23 heavy (non-hydrogen) atoms. The highest BCUT2D eigenvalue weighted by molar-refractivity contribution is 7.13. The number of hydrogen-bond acceptors (Lipinski definition) is 3. The van der Waals surface area contributed by atoms with Gasteiger partial charge in [0.25, 0.3) is 5.56 Å². The standard InChI is InChI=1S/C17H15FN2O2S/c18-12-5-3-6-13(11-12)19-16(21)9-4-10-20-17(22)14-7-1-2-8-15(14)23-20/h1-3,5-8,11H,4,9-10H2,(H,19,21). The van der Waals surface area contributed by atoms with Gasteiger partial charge in [0.15, 0.2) is 0 Å². The number of carbonyl (C=O) groups is 1. The summed E-state index contributed by atoms with van der Waals surface area (Å²) in [5, 5.41) is 3.36. The molecule has 2 aromatic carbocycles. The summed E-state index contributed by atoms with van der Waals surface area (Å²) in [6.45, 7) is 0.495. The molecule has 0 radical (unpaired) electrons. The van der Waals surface area contributed by atoms with Crippen molar-refractivity contribution in [2.24, 2.45) is 0 Å². The fourth-order valence-electron chi connectivity index (χ4n) is 2.34. The fourth-order valence-corrected chi connectivity index (χ4v) is 3.37. The van der Waals surface area contributed by atoms with Gasteiger partial charge in [-0.2, -0.15) is 0 Å². The maximum atomic E-state index is 13.0. The van der Waals surface area contributed by atoms with Crippen LogP contribution in [0.4, 0.5) is 10.1 Å². The first kappa shape index (κ1) is 15.4. The van der Waals surface area contributed by atoms with Gasteiger partial charge in [0, 0.05) is 18.7 Å². The van der Waals surface area contributed by atoms with Crippen molar-refractivity contribution in [1.29, 1.82) is 0 Å². The van der Waals surface area contributed by atoms with E-state index in [0.717, 1.165) is 4.70 Å². The molecule has 0 aliphatic heterocycles. The van der Waals surface area contributed by atoms with E-state index in [1.165, 1.54) is 23.7 Å². The van der Waals surface area contributed by atoms with Crippen LogP contribution in [0.15, 0.2) is 53.3 Å². The Bertz CT molecular complexity index is 901. The van der Waals surface area contributed by atoms with Gasteiger partial charge in [-0.25, -0.2) is 4.39 Å². The van der Waals surface area contributed by atoms with E-state index in [1.807, 2.05) is 18.2 Å². The lowest BCUT2D eigenvalue weighted by Crippen LogP contribution is -2.16. The Hall–Kier alpha value is -2.47. The van der Waals surface area contributed by atoms with Crippen molar-refractivity contribution in [2.75, 3.05) is 5.32 Å². The van der Waals surface area contributed by atoms with E-state index in [1.54, 1.807) is 22.2 Å². The second-order valence-corrected chi connectivity index (χ2v) is 6.22. The van der Waals surface area contributed by atoms with Crippen LogP contribution >= 0.6 is 11.5 Å². The lowest BCUT2D eigenvalue weighted by molar-refractivity contribution is -0.116. The number of fused-ring (bicyclic) bond motifs is 1. The Morgan fingerprint density at radius 2 is 2.00 bits per heavy atom. The number of hydrogen-bond donors (Lipinski definition) is 1. The third-order valence-electron chi connectivity index (χ3n) is 3.43. The molecule has 1 aromatic heterocycles. The normalized spacial score (nSPS) is 10.8. The maximum Gasteiger partial charge on any atom is 0.268 e. The first-order valence-electron chi connectivity index (χ1n) is 7.28. The molecule has 1 N–H and O–H groups in total. The molecule has 1 amide bonds. The molecule has 0 spiro atoms. The molecule has 0 bridgehead atoms. The predicted octanol–water partition coefficient (Wildman–Crippen LogP) is 3.62. The van der Waals surface area contributed by atoms with Crippen molar-refractivity contribution in [1.82, 2.24) is 3.96 Å². The van der Waals surface area contributed by atoms with Crippen LogP contribution in [0.25, 0.3) is 10.1 Å². The number of amides is 1. The number of nitrogens with zero attached hydrogens (tertiary/aromatic N) is 1. The highest BCUT2D eigenvalue weighted by Crippen LogP contribution is 2.16. The van der Waals surface area contributed by atoms with Crippen molar-refractivity contribution in [3.63, 3.8) is 0 Å². The van der Waals surface area contributed by atoms with Gasteiger partial charge in [-0.1, -0.05) is 29.7 Å². The van der Waals surface area contributed by atoms with Gasteiger partial charge in [-0.05, 0) is 36.8 Å². The van der Waals surface area contributed by atoms with Gasteiger partial charge in [-0.3, -0.25) is 13.5 Å². The van der Waals surface area contributed by atoms with Gasteiger partial charge in [0.05, 0.1) is 10.1 Å². The Balaban J connectivity index is 1.57. The Kier molecular flexibility index (Phi) is 4.52. The highest BCUT2D eigenvalue weighted by Gasteiger charge is 2.08. The monoisotopic (exact) mass is 330 g/mol. The minimum atomic E-state index is -0.389. The molecular weight excluding hydrogens is 315 g/mol. The van der Waals surface area contributed by atoms with Gasteiger partial charge in [-0.15, -0.1) is 0 Å². The number of aromatic nitrogens is 1. The zero-order valence-corrected chi connectivity index (χ0v) is 13.1. The Morgan fingerprint density at radius 3 is 2.78 bits per heavy atom. The number of rotatable bonds is 5. The average molecular weight is 330 g/mol. The lowest BCUT2D eigenvalue weighted by Gasteiger charge is -2.05. The number of carbonyl (C=O) groups excluding carboxylic acids is 1.